The first-order chi connectivity index (χ1) is 10.2. The topological polar surface area (TPSA) is 41.1 Å². The molecule has 0 aliphatic carbocycles. The Hall–Kier alpha value is -1.65. The van der Waals surface area contributed by atoms with Crippen molar-refractivity contribution in [2.45, 2.75) is 32.7 Å². The molecule has 0 saturated carbocycles. The zero-order valence-electron chi connectivity index (χ0n) is 12.4. The van der Waals surface area contributed by atoms with E-state index in [-0.39, 0.29) is 11.9 Å². The van der Waals surface area contributed by atoms with Gasteiger partial charge in [0.15, 0.2) is 0 Å². The first-order valence-electron chi connectivity index (χ1n) is 7.45. The third kappa shape index (κ3) is 2.74. The van der Waals surface area contributed by atoms with Gasteiger partial charge in [-0.1, -0.05) is 26.0 Å². The van der Waals surface area contributed by atoms with E-state index in [2.05, 4.69) is 48.1 Å². The smallest absolute Gasteiger partial charge is 0.228 e. The number of anilines is 1. The third-order valence-corrected chi connectivity index (χ3v) is 4.94. The van der Waals surface area contributed by atoms with Gasteiger partial charge in [0.1, 0.15) is 0 Å². The van der Waals surface area contributed by atoms with Crippen molar-refractivity contribution in [3.05, 3.63) is 51.2 Å². The van der Waals surface area contributed by atoms with Crippen LogP contribution in [0.2, 0.25) is 0 Å². The van der Waals surface area contributed by atoms with Gasteiger partial charge in [0.25, 0.3) is 0 Å². The van der Waals surface area contributed by atoms with Crippen LogP contribution in [0.15, 0.2) is 29.6 Å². The lowest BCUT2D eigenvalue weighted by atomic mass is 9.98. The van der Waals surface area contributed by atoms with Gasteiger partial charge in [-0.2, -0.15) is 0 Å². The number of aryl methyl sites for hydroxylation is 1. The molecule has 2 N–H and O–H groups in total. The molecule has 110 valence electrons. The number of hydrogen-bond acceptors (Lipinski definition) is 3. The summed E-state index contributed by atoms with van der Waals surface area (Å²) in [5.41, 5.74) is 4.71. The first-order valence-corrected chi connectivity index (χ1v) is 8.33. The lowest BCUT2D eigenvalue weighted by Gasteiger charge is -2.19. The van der Waals surface area contributed by atoms with Crippen LogP contribution in [0.5, 0.6) is 0 Å². The number of carbonyl (C=O) groups excluding carboxylic acids is 1. The highest BCUT2D eigenvalue weighted by molar-refractivity contribution is 7.10. The van der Waals surface area contributed by atoms with Crippen LogP contribution >= 0.6 is 11.3 Å². The summed E-state index contributed by atoms with van der Waals surface area (Å²) in [6, 6.07) is 8.74. The van der Waals surface area contributed by atoms with Crippen molar-refractivity contribution in [1.29, 1.82) is 0 Å². The molecule has 1 aromatic heterocycles. The normalized spacial score (nSPS) is 14.9. The first kappa shape index (κ1) is 14.3. The number of hydrogen-bond donors (Lipinski definition) is 2. The minimum absolute atomic E-state index is 0.0903. The molecule has 0 saturated heterocycles. The van der Waals surface area contributed by atoms with E-state index in [9.17, 15) is 4.79 Å². The second kappa shape index (κ2) is 6.00. The molecule has 3 rings (SSSR count). The number of fused-ring (bicyclic) bond motifs is 1. The van der Waals surface area contributed by atoms with Crippen molar-refractivity contribution in [2.24, 2.45) is 0 Å². The monoisotopic (exact) mass is 300 g/mol. The van der Waals surface area contributed by atoms with Crippen molar-refractivity contribution in [3.8, 4) is 0 Å². The van der Waals surface area contributed by atoms with Gasteiger partial charge in [0.05, 0.1) is 12.5 Å². The molecule has 1 unspecified atom stereocenters. The molecule has 1 aliphatic rings. The van der Waals surface area contributed by atoms with Crippen LogP contribution in [0, 0.1) is 0 Å². The Morgan fingerprint density at radius 2 is 2.19 bits per heavy atom. The van der Waals surface area contributed by atoms with E-state index in [1.807, 2.05) is 6.07 Å². The Morgan fingerprint density at radius 3 is 2.95 bits per heavy atom. The molecule has 0 spiro atoms. The maximum absolute atomic E-state index is 11.5. The van der Waals surface area contributed by atoms with E-state index < -0.39 is 0 Å². The molecule has 1 amide bonds. The Bertz CT molecular complexity index is 663. The van der Waals surface area contributed by atoms with Gasteiger partial charge in [-0.05, 0) is 47.2 Å². The van der Waals surface area contributed by atoms with E-state index in [4.69, 9.17) is 0 Å². The SMILES string of the molecule is CCNC(c1ccc2c(c1)CC(=O)N2)c1sccc1CC. The van der Waals surface area contributed by atoms with Crippen molar-refractivity contribution >= 4 is 22.9 Å². The van der Waals surface area contributed by atoms with Crippen molar-refractivity contribution < 1.29 is 4.79 Å². The number of amides is 1. The summed E-state index contributed by atoms with van der Waals surface area (Å²) in [6.07, 6.45) is 1.54. The van der Waals surface area contributed by atoms with Crippen LogP contribution < -0.4 is 10.6 Å². The lowest BCUT2D eigenvalue weighted by molar-refractivity contribution is -0.115. The Kier molecular flexibility index (Phi) is 4.08. The highest BCUT2D eigenvalue weighted by Gasteiger charge is 2.22. The molecule has 2 heterocycles. The predicted molar refractivity (Wildman–Crippen MR) is 88.0 cm³/mol. The van der Waals surface area contributed by atoms with Gasteiger partial charge < -0.3 is 10.6 Å². The third-order valence-electron chi connectivity index (χ3n) is 3.92. The fourth-order valence-corrected chi connectivity index (χ4v) is 3.99. The summed E-state index contributed by atoms with van der Waals surface area (Å²) in [5.74, 6) is 0.0903. The minimum atomic E-state index is 0.0903. The van der Waals surface area contributed by atoms with Gasteiger partial charge in [-0.3, -0.25) is 4.79 Å². The molecule has 2 aromatic rings. The molecule has 0 fully saturated rings. The molecule has 21 heavy (non-hydrogen) atoms. The summed E-state index contributed by atoms with van der Waals surface area (Å²) in [7, 11) is 0. The van der Waals surface area contributed by atoms with E-state index in [0.29, 0.717) is 6.42 Å². The highest BCUT2D eigenvalue weighted by Crippen LogP contribution is 2.33. The zero-order chi connectivity index (χ0) is 14.8. The molecule has 1 aliphatic heterocycles. The molecule has 1 aromatic carbocycles. The molecular formula is C17H20N2OS. The maximum Gasteiger partial charge on any atom is 0.228 e. The van der Waals surface area contributed by atoms with Crippen molar-refractivity contribution in [1.82, 2.24) is 5.32 Å². The second-order valence-corrected chi connectivity index (χ2v) is 6.24. The van der Waals surface area contributed by atoms with E-state index in [0.717, 1.165) is 24.2 Å². The van der Waals surface area contributed by atoms with E-state index in [1.165, 1.54) is 16.0 Å². The Balaban J connectivity index is 1.98. The molecule has 3 nitrogen and oxygen atoms in total. The number of carbonyl (C=O) groups is 1. The summed E-state index contributed by atoms with van der Waals surface area (Å²) in [4.78, 5) is 12.9. The summed E-state index contributed by atoms with van der Waals surface area (Å²) in [5, 5.41) is 8.64. The van der Waals surface area contributed by atoms with Crippen LogP contribution in [0.3, 0.4) is 0 Å². The molecule has 0 bridgehead atoms. The van der Waals surface area contributed by atoms with Gasteiger partial charge in [-0.25, -0.2) is 0 Å². The Morgan fingerprint density at radius 1 is 1.33 bits per heavy atom. The largest absolute Gasteiger partial charge is 0.326 e. The van der Waals surface area contributed by atoms with Gasteiger partial charge in [-0.15, -0.1) is 11.3 Å². The predicted octanol–water partition coefficient (Wildman–Crippen LogP) is 3.50. The summed E-state index contributed by atoms with van der Waals surface area (Å²) >= 11 is 1.81. The average Bonchev–Trinajstić information content (AvgIpc) is 3.08. The maximum atomic E-state index is 11.5. The van der Waals surface area contributed by atoms with Crippen LogP contribution in [0.25, 0.3) is 0 Å². The van der Waals surface area contributed by atoms with Crippen LogP contribution in [-0.4, -0.2) is 12.5 Å². The average molecular weight is 300 g/mol. The number of rotatable bonds is 5. The number of nitrogens with one attached hydrogen (secondary N) is 2. The van der Waals surface area contributed by atoms with Gasteiger partial charge >= 0.3 is 0 Å². The van der Waals surface area contributed by atoms with Gasteiger partial charge in [0, 0.05) is 10.6 Å². The number of benzene rings is 1. The second-order valence-electron chi connectivity index (χ2n) is 5.30. The molecule has 4 heteroatoms. The molecule has 1 atom stereocenters. The molecule has 0 radical (unpaired) electrons. The van der Waals surface area contributed by atoms with Crippen LogP contribution in [0.4, 0.5) is 5.69 Å². The van der Waals surface area contributed by atoms with E-state index in [1.54, 1.807) is 11.3 Å². The fraction of sp³-hybridized carbons (Fsp3) is 0.353. The summed E-state index contributed by atoms with van der Waals surface area (Å²) in [6.45, 7) is 5.24. The van der Waals surface area contributed by atoms with Crippen molar-refractivity contribution in [2.75, 3.05) is 11.9 Å². The molecular weight excluding hydrogens is 280 g/mol. The summed E-state index contributed by atoms with van der Waals surface area (Å²) < 4.78 is 0. The quantitative estimate of drug-likeness (QED) is 0.887. The van der Waals surface area contributed by atoms with Gasteiger partial charge in [0.2, 0.25) is 5.91 Å². The van der Waals surface area contributed by atoms with Crippen LogP contribution in [-0.2, 0) is 17.6 Å². The minimum Gasteiger partial charge on any atom is -0.326 e. The standard InChI is InChI=1S/C17H20N2OS/c1-3-11-7-8-21-17(11)16(18-4-2)12-5-6-14-13(9-12)10-15(20)19-14/h5-9,16,18H,3-4,10H2,1-2H3,(H,19,20). The fourth-order valence-electron chi connectivity index (χ4n) is 2.89. The number of thiophene rings is 1. The van der Waals surface area contributed by atoms with Crippen molar-refractivity contribution in [3.63, 3.8) is 0 Å². The Labute approximate surface area is 129 Å². The highest BCUT2D eigenvalue weighted by atomic mass is 32.1. The van der Waals surface area contributed by atoms with Crippen LogP contribution in [0.1, 0.15) is 41.5 Å². The van der Waals surface area contributed by atoms with E-state index >= 15 is 0 Å². The zero-order valence-corrected chi connectivity index (χ0v) is 13.2. The lowest BCUT2D eigenvalue weighted by Crippen LogP contribution is -2.22.